The highest BCUT2D eigenvalue weighted by Gasteiger charge is 2.46. The molecule has 6 nitrogen and oxygen atoms in total. The van der Waals surface area contributed by atoms with Crippen molar-refractivity contribution in [3.05, 3.63) is 12.7 Å². The van der Waals surface area contributed by atoms with Gasteiger partial charge in [0, 0.05) is 0 Å². The van der Waals surface area contributed by atoms with Gasteiger partial charge in [0.05, 0.1) is 13.2 Å². The van der Waals surface area contributed by atoms with E-state index in [1.54, 1.807) is 6.33 Å². The first kappa shape index (κ1) is 13.0. The van der Waals surface area contributed by atoms with E-state index in [9.17, 15) is 4.79 Å². The van der Waals surface area contributed by atoms with Crippen molar-refractivity contribution >= 4 is 5.97 Å². The third kappa shape index (κ3) is 2.38. The number of hydrogen-bond donors (Lipinski definition) is 1. The number of hydrogen-bond acceptors (Lipinski definition) is 5. The molecule has 1 aliphatic rings. The second-order valence-corrected chi connectivity index (χ2v) is 4.77. The lowest BCUT2D eigenvalue weighted by atomic mass is 9.97. The summed E-state index contributed by atoms with van der Waals surface area (Å²) in [5.41, 5.74) is -0.554. The average Bonchev–Trinajstić information content (AvgIpc) is 3.04. The van der Waals surface area contributed by atoms with Crippen molar-refractivity contribution in [1.82, 2.24) is 20.1 Å². The largest absolute Gasteiger partial charge is 0.468 e. The van der Waals surface area contributed by atoms with Gasteiger partial charge in [0.25, 0.3) is 0 Å². The van der Waals surface area contributed by atoms with Gasteiger partial charge in [0.2, 0.25) is 0 Å². The molecule has 18 heavy (non-hydrogen) atoms. The number of carbonyl (C=O) groups is 1. The maximum atomic E-state index is 12.0. The highest BCUT2D eigenvalue weighted by Crippen LogP contribution is 2.38. The zero-order chi connectivity index (χ0) is 13.0. The Labute approximate surface area is 107 Å². The van der Waals surface area contributed by atoms with Gasteiger partial charge in [0.1, 0.15) is 18.2 Å². The third-order valence-corrected chi connectivity index (χ3v) is 3.59. The number of ether oxygens (including phenoxy) is 1. The van der Waals surface area contributed by atoms with Crippen molar-refractivity contribution < 1.29 is 9.53 Å². The van der Waals surface area contributed by atoms with Crippen LogP contribution in [0.15, 0.2) is 12.7 Å². The second kappa shape index (κ2) is 5.48. The van der Waals surface area contributed by atoms with Gasteiger partial charge < -0.3 is 10.1 Å². The molecule has 1 aliphatic carbocycles. The number of aromatic nitrogens is 3. The van der Waals surface area contributed by atoms with E-state index >= 15 is 0 Å². The van der Waals surface area contributed by atoms with E-state index in [4.69, 9.17) is 4.74 Å². The first-order valence-electron chi connectivity index (χ1n) is 6.39. The number of methoxy groups -OCH3 is 1. The fraction of sp³-hybridized carbons (Fsp3) is 0.750. The minimum Gasteiger partial charge on any atom is -0.468 e. The third-order valence-electron chi connectivity index (χ3n) is 3.59. The Hall–Kier alpha value is -1.43. The fourth-order valence-corrected chi connectivity index (χ4v) is 2.63. The predicted molar refractivity (Wildman–Crippen MR) is 66.0 cm³/mol. The van der Waals surface area contributed by atoms with Crippen LogP contribution in [0, 0.1) is 0 Å². The van der Waals surface area contributed by atoms with Crippen molar-refractivity contribution in [3.8, 4) is 0 Å². The van der Waals surface area contributed by atoms with Gasteiger partial charge in [-0.25, -0.2) is 9.67 Å². The van der Waals surface area contributed by atoms with Crippen LogP contribution in [0.25, 0.3) is 0 Å². The molecule has 1 aromatic heterocycles. The molecule has 0 spiro atoms. The van der Waals surface area contributed by atoms with Crippen LogP contribution in [-0.2, 0) is 9.53 Å². The van der Waals surface area contributed by atoms with Gasteiger partial charge in [-0.15, -0.1) is 0 Å². The topological polar surface area (TPSA) is 69.0 Å². The molecule has 6 heteroatoms. The van der Waals surface area contributed by atoms with Crippen molar-refractivity contribution in [2.45, 2.75) is 44.2 Å². The molecular weight excluding hydrogens is 232 g/mol. The van der Waals surface area contributed by atoms with E-state index < -0.39 is 5.54 Å². The highest BCUT2D eigenvalue weighted by molar-refractivity contribution is 5.81. The summed E-state index contributed by atoms with van der Waals surface area (Å²) in [4.78, 5) is 16.0. The van der Waals surface area contributed by atoms with Gasteiger partial charge in [0.15, 0.2) is 0 Å². The first-order valence-corrected chi connectivity index (χ1v) is 6.39. The zero-order valence-corrected chi connectivity index (χ0v) is 10.9. The maximum Gasteiger partial charge on any atom is 0.326 e. The normalized spacial score (nSPS) is 27.3. The van der Waals surface area contributed by atoms with E-state index in [1.807, 2.05) is 4.68 Å². The Morgan fingerprint density at radius 1 is 1.67 bits per heavy atom. The lowest BCUT2D eigenvalue weighted by Crippen LogP contribution is -2.51. The Morgan fingerprint density at radius 3 is 3.11 bits per heavy atom. The van der Waals surface area contributed by atoms with Crippen molar-refractivity contribution in [1.29, 1.82) is 0 Å². The first-order chi connectivity index (χ1) is 8.72. The van der Waals surface area contributed by atoms with E-state index in [1.165, 1.54) is 13.4 Å². The highest BCUT2D eigenvalue weighted by atomic mass is 16.5. The van der Waals surface area contributed by atoms with Crippen LogP contribution < -0.4 is 5.32 Å². The molecule has 100 valence electrons. The smallest absolute Gasteiger partial charge is 0.326 e. The van der Waals surface area contributed by atoms with Crippen LogP contribution in [0.1, 0.15) is 38.6 Å². The molecule has 0 aliphatic heterocycles. The number of carbonyl (C=O) groups excluding carboxylic acids is 1. The van der Waals surface area contributed by atoms with Gasteiger partial charge in [-0.3, -0.25) is 4.79 Å². The molecule has 2 unspecified atom stereocenters. The van der Waals surface area contributed by atoms with Crippen molar-refractivity contribution in [3.63, 3.8) is 0 Å². The van der Waals surface area contributed by atoms with E-state index in [-0.39, 0.29) is 12.0 Å². The van der Waals surface area contributed by atoms with Crippen LogP contribution in [0.3, 0.4) is 0 Å². The number of nitrogens with one attached hydrogen (secondary N) is 1. The molecule has 0 amide bonds. The van der Waals surface area contributed by atoms with Crippen LogP contribution in [0.5, 0.6) is 0 Å². The Kier molecular flexibility index (Phi) is 3.96. The Bertz CT molecular complexity index is 393. The SMILES string of the molecule is CCCNC1(C(=O)OC)CCC(n2cncn2)C1. The monoisotopic (exact) mass is 252 g/mol. The predicted octanol–water partition coefficient (Wildman–Crippen LogP) is 0.914. The molecule has 1 N–H and O–H groups in total. The summed E-state index contributed by atoms with van der Waals surface area (Å²) in [5, 5.41) is 7.51. The lowest BCUT2D eigenvalue weighted by Gasteiger charge is -2.27. The van der Waals surface area contributed by atoms with E-state index in [0.29, 0.717) is 6.42 Å². The number of esters is 1. The fourth-order valence-electron chi connectivity index (χ4n) is 2.63. The van der Waals surface area contributed by atoms with Crippen molar-refractivity contribution in [2.75, 3.05) is 13.7 Å². The summed E-state index contributed by atoms with van der Waals surface area (Å²) in [7, 11) is 1.44. The standard InChI is InChI=1S/C12H20N4O2/c1-3-6-14-12(11(17)18-2)5-4-10(7-12)16-9-13-8-15-16/h8-10,14H,3-7H2,1-2H3. The van der Waals surface area contributed by atoms with E-state index in [0.717, 1.165) is 25.8 Å². The minimum atomic E-state index is -0.554. The van der Waals surface area contributed by atoms with Gasteiger partial charge in [-0.1, -0.05) is 6.92 Å². The van der Waals surface area contributed by atoms with Gasteiger partial charge in [-0.05, 0) is 32.2 Å². The van der Waals surface area contributed by atoms with Crippen LogP contribution in [0.2, 0.25) is 0 Å². The molecule has 1 saturated carbocycles. The molecule has 1 aromatic rings. The lowest BCUT2D eigenvalue weighted by molar-refractivity contribution is -0.148. The average molecular weight is 252 g/mol. The van der Waals surface area contributed by atoms with Gasteiger partial charge in [-0.2, -0.15) is 5.10 Å². The summed E-state index contributed by atoms with van der Waals surface area (Å²) >= 11 is 0. The summed E-state index contributed by atoms with van der Waals surface area (Å²) in [6.45, 7) is 2.90. The van der Waals surface area contributed by atoms with Crippen LogP contribution >= 0.6 is 0 Å². The van der Waals surface area contributed by atoms with Crippen molar-refractivity contribution in [2.24, 2.45) is 0 Å². The molecule has 0 radical (unpaired) electrons. The molecular formula is C12H20N4O2. The molecule has 0 saturated heterocycles. The Morgan fingerprint density at radius 2 is 2.50 bits per heavy atom. The molecule has 2 atom stereocenters. The zero-order valence-electron chi connectivity index (χ0n) is 10.9. The van der Waals surface area contributed by atoms with Crippen LogP contribution in [-0.4, -0.2) is 39.9 Å². The summed E-state index contributed by atoms with van der Waals surface area (Å²) in [6, 6.07) is 0.218. The molecule has 1 fully saturated rings. The van der Waals surface area contributed by atoms with Gasteiger partial charge >= 0.3 is 5.97 Å². The molecule has 2 rings (SSSR count). The summed E-state index contributed by atoms with van der Waals surface area (Å²) < 4.78 is 6.79. The maximum absolute atomic E-state index is 12.0. The molecule has 0 bridgehead atoms. The molecule has 0 aromatic carbocycles. The quantitative estimate of drug-likeness (QED) is 0.789. The summed E-state index contributed by atoms with van der Waals surface area (Å²) in [5.74, 6) is -0.168. The number of nitrogens with zero attached hydrogens (tertiary/aromatic N) is 3. The molecule has 1 heterocycles. The number of rotatable bonds is 5. The van der Waals surface area contributed by atoms with E-state index in [2.05, 4.69) is 22.3 Å². The minimum absolute atomic E-state index is 0.168. The summed E-state index contributed by atoms with van der Waals surface area (Å²) in [6.07, 6.45) is 6.63. The van der Waals surface area contributed by atoms with Crippen LogP contribution in [0.4, 0.5) is 0 Å². The second-order valence-electron chi connectivity index (χ2n) is 4.77. The Balaban J connectivity index is 2.10.